The highest BCUT2D eigenvalue weighted by atomic mass is 32.2. The maximum absolute atomic E-state index is 13.5. The van der Waals surface area contributed by atoms with Gasteiger partial charge in [0.15, 0.2) is 5.11 Å². The Labute approximate surface area is 171 Å². The standard InChI is InChI=1S/C21H22N2O3S2/c1-26-16-13-11-15(12-14-16)20-18-9-5-6-10-19(18)22-21(27)23(20)28(24,25)17-7-3-2-4-8-17/h2-4,7-8,11-14,20H,5-6,9-10H2,1H3,(H,22,27). The molecule has 0 radical (unpaired) electrons. The first-order valence-corrected chi connectivity index (χ1v) is 11.1. The van der Waals surface area contributed by atoms with E-state index in [-0.39, 0.29) is 10.0 Å². The van der Waals surface area contributed by atoms with Crippen molar-refractivity contribution in [1.29, 1.82) is 0 Å². The van der Waals surface area contributed by atoms with E-state index in [1.165, 1.54) is 4.31 Å². The third-order valence-electron chi connectivity index (χ3n) is 5.26. The molecule has 0 bridgehead atoms. The third-order valence-corrected chi connectivity index (χ3v) is 7.46. The molecular formula is C21H22N2O3S2. The molecule has 1 atom stereocenters. The number of thiocarbonyl (C=S) groups is 1. The normalized spacial score (nSPS) is 19.8. The van der Waals surface area contributed by atoms with Gasteiger partial charge in [-0.15, -0.1) is 0 Å². The second kappa shape index (κ2) is 7.56. The van der Waals surface area contributed by atoms with E-state index in [4.69, 9.17) is 17.0 Å². The van der Waals surface area contributed by atoms with Crippen LogP contribution in [0.2, 0.25) is 0 Å². The van der Waals surface area contributed by atoms with Crippen LogP contribution in [0.5, 0.6) is 5.75 Å². The van der Waals surface area contributed by atoms with Crippen molar-refractivity contribution in [2.45, 2.75) is 36.6 Å². The van der Waals surface area contributed by atoms with Crippen molar-refractivity contribution in [1.82, 2.24) is 9.62 Å². The van der Waals surface area contributed by atoms with E-state index in [9.17, 15) is 8.42 Å². The maximum atomic E-state index is 13.5. The van der Waals surface area contributed by atoms with Crippen molar-refractivity contribution in [3.05, 3.63) is 71.4 Å². The average Bonchev–Trinajstić information content (AvgIpc) is 2.73. The second-order valence-corrected chi connectivity index (χ2v) is 9.13. The van der Waals surface area contributed by atoms with Crippen molar-refractivity contribution in [3.63, 3.8) is 0 Å². The molecule has 28 heavy (non-hydrogen) atoms. The van der Waals surface area contributed by atoms with Crippen molar-refractivity contribution in [3.8, 4) is 5.75 Å². The number of hydrogen-bond donors (Lipinski definition) is 1. The van der Waals surface area contributed by atoms with E-state index in [1.807, 2.05) is 24.3 Å². The van der Waals surface area contributed by atoms with E-state index in [1.54, 1.807) is 37.4 Å². The van der Waals surface area contributed by atoms with E-state index in [0.29, 0.717) is 0 Å². The number of nitrogens with zero attached hydrogens (tertiary/aromatic N) is 1. The third kappa shape index (κ3) is 3.29. The molecule has 146 valence electrons. The lowest BCUT2D eigenvalue weighted by Gasteiger charge is -2.42. The highest BCUT2D eigenvalue weighted by Crippen LogP contribution is 2.42. The fourth-order valence-corrected chi connectivity index (χ4v) is 5.93. The number of rotatable bonds is 4. The average molecular weight is 415 g/mol. The van der Waals surface area contributed by atoms with Crippen LogP contribution in [0.15, 0.2) is 70.8 Å². The highest BCUT2D eigenvalue weighted by molar-refractivity contribution is 7.91. The Kier molecular flexibility index (Phi) is 5.12. The molecule has 0 fully saturated rings. The van der Waals surface area contributed by atoms with Gasteiger partial charge in [-0.2, -0.15) is 0 Å². The van der Waals surface area contributed by atoms with E-state index < -0.39 is 16.1 Å². The molecule has 1 heterocycles. The van der Waals surface area contributed by atoms with Crippen LogP contribution in [-0.4, -0.2) is 24.9 Å². The molecular weight excluding hydrogens is 392 g/mol. The molecule has 5 nitrogen and oxygen atoms in total. The van der Waals surface area contributed by atoms with Gasteiger partial charge < -0.3 is 10.1 Å². The van der Waals surface area contributed by atoms with Crippen LogP contribution in [0, 0.1) is 0 Å². The van der Waals surface area contributed by atoms with Gasteiger partial charge in [0.1, 0.15) is 5.75 Å². The lowest BCUT2D eigenvalue weighted by molar-refractivity contribution is 0.412. The first kappa shape index (κ1) is 19.0. The molecule has 0 saturated heterocycles. The Morgan fingerprint density at radius 3 is 2.39 bits per heavy atom. The zero-order valence-corrected chi connectivity index (χ0v) is 17.2. The number of sulfonamides is 1. The number of nitrogens with one attached hydrogen (secondary N) is 1. The van der Waals surface area contributed by atoms with Crippen LogP contribution in [0.4, 0.5) is 0 Å². The van der Waals surface area contributed by atoms with Crippen LogP contribution in [-0.2, 0) is 10.0 Å². The first-order valence-electron chi connectivity index (χ1n) is 9.28. The lowest BCUT2D eigenvalue weighted by atomic mass is 9.86. The lowest BCUT2D eigenvalue weighted by Crippen LogP contribution is -2.50. The molecule has 0 aromatic heterocycles. The zero-order chi connectivity index (χ0) is 19.7. The second-order valence-electron chi connectivity index (χ2n) is 6.93. The van der Waals surface area contributed by atoms with Crippen molar-refractivity contribution in [2.24, 2.45) is 0 Å². The molecule has 7 heteroatoms. The van der Waals surface area contributed by atoms with E-state index >= 15 is 0 Å². The summed E-state index contributed by atoms with van der Waals surface area (Å²) in [5.74, 6) is 0.732. The van der Waals surface area contributed by atoms with Gasteiger partial charge in [-0.1, -0.05) is 30.3 Å². The van der Waals surface area contributed by atoms with Gasteiger partial charge in [-0.3, -0.25) is 0 Å². The molecule has 4 rings (SSSR count). The summed E-state index contributed by atoms with van der Waals surface area (Å²) in [5.41, 5.74) is 3.06. The van der Waals surface area contributed by atoms with E-state index in [2.05, 4.69) is 5.32 Å². The molecule has 2 aromatic carbocycles. The molecule has 1 unspecified atom stereocenters. The summed E-state index contributed by atoms with van der Waals surface area (Å²) < 4.78 is 33.7. The number of methoxy groups -OCH3 is 1. The van der Waals surface area contributed by atoms with Crippen LogP contribution >= 0.6 is 12.2 Å². The largest absolute Gasteiger partial charge is 0.497 e. The van der Waals surface area contributed by atoms with Crippen molar-refractivity contribution < 1.29 is 13.2 Å². The topological polar surface area (TPSA) is 58.6 Å². The maximum Gasteiger partial charge on any atom is 0.266 e. The molecule has 1 aliphatic carbocycles. The number of benzene rings is 2. The number of ether oxygens (including phenoxy) is 1. The summed E-state index contributed by atoms with van der Waals surface area (Å²) in [7, 11) is -2.20. The Morgan fingerprint density at radius 2 is 1.71 bits per heavy atom. The fourth-order valence-electron chi connectivity index (χ4n) is 3.89. The Hall–Kier alpha value is -2.38. The molecule has 0 saturated carbocycles. The molecule has 1 aliphatic heterocycles. The number of hydrogen-bond acceptors (Lipinski definition) is 4. The minimum absolute atomic E-state index is 0.227. The molecule has 0 spiro atoms. The van der Waals surface area contributed by atoms with Gasteiger partial charge in [-0.25, -0.2) is 12.7 Å². The minimum atomic E-state index is -3.81. The predicted octanol–water partition coefficient (Wildman–Crippen LogP) is 4.14. The predicted molar refractivity (Wildman–Crippen MR) is 112 cm³/mol. The van der Waals surface area contributed by atoms with Gasteiger partial charge in [0.05, 0.1) is 18.0 Å². The number of allylic oxidation sites excluding steroid dienone is 1. The summed E-state index contributed by atoms with van der Waals surface area (Å²) in [6, 6.07) is 15.6. The van der Waals surface area contributed by atoms with Gasteiger partial charge in [-0.05, 0) is 73.3 Å². The SMILES string of the molecule is COc1ccc(C2C3=C(CCCC3)NC(=S)N2S(=O)(=O)c2ccccc2)cc1. The summed E-state index contributed by atoms with van der Waals surface area (Å²) in [6.07, 6.45) is 3.86. The van der Waals surface area contributed by atoms with Crippen LogP contribution < -0.4 is 10.1 Å². The monoisotopic (exact) mass is 414 g/mol. The Bertz CT molecular complexity index is 1020. The van der Waals surface area contributed by atoms with Gasteiger partial charge in [0, 0.05) is 5.70 Å². The van der Waals surface area contributed by atoms with Crippen LogP contribution in [0.3, 0.4) is 0 Å². The molecule has 0 amide bonds. The van der Waals surface area contributed by atoms with Gasteiger partial charge in [0.25, 0.3) is 10.0 Å². The summed E-state index contributed by atoms with van der Waals surface area (Å²) in [4.78, 5) is 0.234. The summed E-state index contributed by atoms with van der Waals surface area (Å²) in [6.45, 7) is 0. The van der Waals surface area contributed by atoms with Gasteiger partial charge in [0.2, 0.25) is 0 Å². The Morgan fingerprint density at radius 1 is 1.04 bits per heavy atom. The quantitative estimate of drug-likeness (QED) is 0.762. The minimum Gasteiger partial charge on any atom is -0.497 e. The van der Waals surface area contributed by atoms with Crippen LogP contribution in [0.25, 0.3) is 0 Å². The van der Waals surface area contributed by atoms with Crippen molar-refractivity contribution in [2.75, 3.05) is 7.11 Å². The molecule has 2 aromatic rings. The fraction of sp³-hybridized carbons (Fsp3) is 0.286. The molecule has 1 N–H and O–H groups in total. The van der Waals surface area contributed by atoms with Gasteiger partial charge >= 0.3 is 0 Å². The zero-order valence-electron chi connectivity index (χ0n) is 15.6. The summed E-state index contributed by atoms with van der Waals surface area (Å²) >= 11 is 5.55. The van der Waals surface area contributed by atoms with Crippen LogP contribution in [0.1, 0.15) is 37.3 Å². The Balaban J connectivity index is 1.87. The first-order chi connectivity index (χ1) is 13.5. The van der Waals surface area contributed by atoms with E-state index in [0.717, 1.165) is 48.3 Å². The summed E-state index contributed by atoms with van der Waals surface area (Å²) in [5, 5.41) is 3.43. The smallest absolute Gasteiger partial charge is 0.266 e. The molecule has 2 aliphatic rings. The van der Waals surface area contributed by atoms with Crippen molar-refractivity contribution >= 4 is 27.4 Å². The highest BCUT2D eigenvalue weighted by Gasteiger charge is 2.41.